The number of amides is 2. The van der Waals surface area contributed by atoms with Crippen LogP contribution < -0.4 is 10.6 Å². The summed E-state index contributed by atoms with van der Waals surface area (Å²) in [5, 5.41) is 5.53. The second-order valence-corrected chi connectivity index (χ2v) is 5.77. The predicted molar refractivity (Wildman–Crippen MR) is 99.7 cm³/mol. The van der Waals surface area contributed by atoms with Gasteiger partial charge in [0.1, 0.15) is 0 Å². The SMILES string of the molecule is COCCCNC(=O)c1ccc(C(=O)Nc2cccc(C(C)=O)c2)cc1. The topological polar surface area (TPSA) is 84.5 Å². The molecule has 136 valence electrons. The van der Waals surface area contributed by atoms with Crippen LogP contribution in [0.1, 0.15) is 44.4 Å². The van der Waals surface area contributed by atoms with E-state index in [1.807, 2.05) is 0 Å². The molecule has 0 fully saturated rings. The van der Waals surface area contributed by atoms with Crippen LogP contribution in [0, 0.1) is 0 Å². The molecule has 2 amide bonds. The van der Waals surface area contributed by atoms with Gasteiger partial charge in [-0.1, -0.05) is 12.1 Å². The zero-order valence-electron chi connectivity index (χ0n) is 14.9. The van der Waals surface area contributed by atoms with Gasteiger partial charge in [0.05, 0.1) is 0 Å². The Bertz CT molecular complexity index is 785. The number of benzene rings is 2. The van der Waals surface area contributed by atoms with E-state index < -0.39 is 0 Å². The van der Waals surface area contributed by atoms with Crippen molar-refractivity contribution in [2.75, 3.05) is 25.6 Å². The first-order valence-corrected chi connectivity index (χ1v) is 8.31. The number of ketones is 1. The average Bonchev–Trinajstić information content (AvgIpc) is 2.65. The van der Waals surface area contributed by atoms with Gasteiger partial charge in [-0.3, -0.25) is 14.4 Å². The first-order chi connectivity index (χ1) is 12.5. The third kappa shape index (κ3) is 5.53. The lowest BCUT2D eigenvalue weighted by molar-refractivity contribution is 0.0946. The maximum atomic E-state index is 12.3. The van der Waals surface area contributed by atoms with Crippen molar-refractivity contribution in [3.8, 4) is 0 Å². The summed E-state index contributed by atoms with van der Waals surface area (Å²) in [4.78, 5) is 35.7. The van der Waals surface area contributed by atoms with Crippen LogP contribution in [0.2, 0.25) is 0 Å². The van der Waals surface area contributed by atoms with E-state index in [0.717, 1.165) is 6.42 Å². The monoisotopic (exact) mass is 354 g/mol. The lowest BCUT2D eigenvalue weighted by Gasteiger charge is -2.08. The summed E-state index contributed by atoms with van der Waals surface area (Å²) in [6.45, 7) is 2.59. The largest absolute Gasteiger partial charge is 0.385 e. The Morgan fingerprint density at radius 3 is 2.19 bits per heavy atom. The molecule has 2 N–H and O–H groups in total. The Balaban J connectivity index is 1.97. The van der Waals surface area contributed by atoms with E-state index >= 15 is 0 Å². The summed E-state index contributed by atoms with van der Waals surface area (Å²) in [6, 6.07) is 13.1. The summed E-state index contributed by atoms with van der Waals surface area (Å²) in [6.07, 6.45) is 0.738. The zero-order valence-corrected chi connectivity index (χ0v) is 14.9. The third-order valence-corrected chi connectivity index (χ3v) is 3.75. The summed E-state index contributed by atoms with van der Waals surface area (Å²) in [7, 11) is 1.61. The standard InChI is InChI=1S/C20H22N2O4/c1-14(23)17-5-3-6-18(13-17)22-20(25)16-9-7-15(8-10-16)19(24)21-11-4-12-26-2/h3,5-10,13H,4,11-12H2,1-2H3,(H,21,24)(H,22,25). The average molecular weight is 354 g/mol. The van der Waals surface area contributed by atoms with E-state index in [-0.39, 0.29) is 17.6 Å². The van der Waals surface area contributed by atoms with Gasteiger partial charge in [0, 0.05) is 42.6 Å². The number of ether oxygens (including phenoxy) is 1. The number of Topliss-reactive ketones (excluding diaryl/α,β-unsaturated/α-hetero) is 1. The molecule has 6 heteroatoms. The van der Waals surface area contributed by atoms with Crippen LogP contribution in [0.4, 0.5) is 5.69 Å². The fourth-order valence-corrected chi connectivity index (χ4v) is 2.31. The van der Waals surface area contributed by atoms with Crippen LogP contribution in [0.5, 0.6) is 0 Å². The molecule has 0 aliphatic heterocycles. The molecule has 0 atom stereocenters. The number of rotatable bonds is 8. The van der Waals surface area contributed by atoms with Gasteiger partial charge in [-0.15, -0.1) is 0 Å². The number of methoxy groups -OCH3 is 1. The van der Waals surface area contributed by atoms with Gasteiger partial charge in [-0.05, 0) is 49.7 Å². The predicted octanol–water partition coefficient (Wildman–Crippen LogP) is 2.91. The lowest BCUT2D eigenvalue weighted by atomic mass is 10.1. The van der Waals surface area contributed by atoms with E-state index in [1.54, 1.807) is 55.6 Å². The molecule has 2 aromatic rings. The molecule has 0 unspecified atom stereocenters. The summed E-state index contributed by atoms with van der Waals surface area (Å²) in [5.74, 6) is -0.568. The quantitative estimate of drug-likeness (QED) is 0.564. The molecule has 6 nitrogen and oxygen atoms in total. The van der Waals surface area contributed by atoms with E-state index in [4.69, 9.17) is 4.74 Å². The molecular weight excluding hydrogens is 332 g/mol. The second kappa shape index (κ2) is 9.48. The molecule has 26 heavy (non-hydrogen) atoms. The van der Waals surface area contributed by atoms with Crippen LogP contribution >= 0.6 is 0 Å². The fourth-order valence-electron chi connectivity index (χ4n) is 2.31. The van der Waals surface area contributed by atoms with E-state index in [1.165, 1.54) is 6.92 Å². The van der Waals surface area contributed by atoms with Gasteiger partial charge >= 0.3 is 0 Å². The van der Waals surface area contributed by atoms with Crippen LogP contribution in [0.15, 0.2) is 48.5 Å². The molecule has 0 spiro atoms. The van der Waals surface area contributed by atoms with Gasteiger partial charge in [0.2, 0.25) is 0 Å². The fraction of sp³-hybridized carbons (Fsp3) is 0.250. The molecule has 0 radical (unpaired) electrons. The normalized spacial score (nSPS) is 10.2. The molecule has 2 rings (SSSR count). The van der Waals surface area contributed by atoms with Gasteiger partial charge in [0.25, 0.3) is 11.8 Å². The molecule has 0 bridgehead atoms. The Hall–Kier alpha value is -2.99. The van der Waals surface area contributed by atoms with Crippen LogP contribution in [-0.4, -0.2) is 37.9 Å². The molecular formula is C20H22N2O4. The highest BCUT2D eigenvalue weighted by atomic mass is 16.5. The van der Waals surface area contributed by atoms with Crippen LogP contribution in [0.3, 0.4) is 0 Å². The minimum Gasteiger partial charge on any atom is -0.385 e. The Kier molecular flexibility index (Phi) is 7.05. The summed E-state index contributed by atoms with van der Waals surface area (Å²) >= 11 is 0. The van der Waals surface area contributed by atoms with Gasteiger partial charge in [-0.25, -0.2) is 0 Å². The molecule has 0 aliphatic rings. The summed E-state index contributed by atoms with van der Waals surface area (Å²) in [5.41, 5.74) is 1.98. The van der Waals surface area contributed by atoms with Crippen molar-refractivity contribution in [3.05, 3.63) is 65.2 Å². The Morgan fingerprint density at radius 1 is 0.923 bits per heavy atom. The van der Waals surface area contributed by atoms with Crippen LogP contribution in [0.25, 0.3) is 0 Å². The third-order valence-electron chi connectivity index (χ3n) is 3.75. The number of nitrogens with one attached hydrogen (secondary N) is 2. The Morgan fingerprint density at radius 2 is 1.58 bits per heavy atom. The minimum absolute atomic E-state index is 0.0676. The van der Waals surface area contributed by atoms with Crippen molar-refractivity contribution in [2.45, 2.75) is 13.3 Å². The van der Waals surface area contributed by atoms with Crippen molar-refractivity contribution in [3.63, 3.8) is 0 Å². The smallest absolute Gasteiger partial charge is 0.255 e. The van der Waals surface area contributed by atoms with Crippen molar-refractivity contribution >= 4 is 23.3 Å². The highest BCUT2D eigenvalue weighted by Crippen LogP contribution is 2.13. The van der Waals surface area contributed by atoms with Crippen molar-refractivity contribution in [2.24, 2.45) is 0 Å². The molecule has 0 heterocycles. The number of hydrogen-bond acceptors (Lipinski definition) is 4. The highest BCUT2D eigenvalue weighted by molar-refractivity contribution is 6.05. The van der Waals surface area contributed by atoms with E-state index in [9.17, 15) is 14.4 Å². The first-order valence-electron chi connectivity index (χ1n) is 8.31. The number of carbonyl (C=O) groups is 3. The number of carbonyl (C=O) groups excluding carboxylic acids is 3. The molecule has 2 aromatic carbocycles. The van der Waals surface area contributed by atoms with Crippen molar-refractivity contribution in [1.29, 1.82) is 0 Å². The van der Waals surface area contributed by atoms with Gasteiger partial charge in [0.15, 0.2) is 5.78 Å². The summed E-state index contributed by atoms with van der Waals surface area (Å²) < 4.78 is 4.93. The maximum absolute atomic E-state index is 12.3. The van der Waals surface area contributed by atoms with Gasteiger partial charge < -0.3 is 15.4 Å². The first kappa shape index (κ1) is 19.3. The minimum atomic E-state index is -0.308. The molecule has 0 saturated carbocycles. The maximum Gasteiger partial charge on any atom is 0.255 e. The number of anilines is 1. The lowest BCUT2D eigenvalue weighted by Crippen LogP contribution is -2.25. The van der Waals surface area contributed by atoms with Crippen molar-refractivity contribution in [1.82, 2.24) is 5.32 Å². The highest BCUT2D eigenvalue weighted by Gasteiger charge is 2.10. The van der Waals surface area contributed by atoms with Crippen molar-refractivity contribution < 1.29 is 19.1 Å². The van der Waals surface area contributed by atoms with E-state index in [2.05, 4.69) is 10.6 Å². The molecule has 0 aromatic heterocycles. The molecule has 0 aliphatic carbocycles. The van der Waals surface area contributed by atoms with Crippen LogP contribution in [-0.2, 0) is 4.74 Å². The Labute approximate surface area is 152 Å². The zero-order chi connectivity index (χ0) is 18.9. The van der Waals surface area contributed by atoms with E-state index in [0.29, 0.717) is 35.5 Å². The molecule has 0 saturated heterocycles. The van der Waals surface area contributed by atoms with Gasteiger partial charge in [-0.2, -0.15) is 0 Å². The number of hydrogen-bond donors (Lipinski definition) is 2. The second-order valence-electron chi connectivity index (χ2n) is 5.77.